The van der Waals surface area contributed by atoms with Gasteiger partial charge in [0, 0.05) is 2.97 Å². The van der Waals surface area contributed by atoms with Crippen LogP contribution in [0.5, 0.6) is 0 Å². The molecule has 0 aliphatic heterocycles. The van der Waals surface area contributed by atoms with Crippen LogP contribution in [-0.2, 0) is 4.79 Å². The molecule has 0 radical (unpaired) electrons. The molecule has 0 spiro atoms. The summed E-state index contributed by atoms with van der Waals surface area (Å²) in [6.45, 7) is 0.604. The van der Waals surface area contributed by atoms with Crippen LogP contribution in [-0.4, -0.2) is 23.7 Å². The van der Waals surface area contributed by atoms with Crippen LogP contribution in [0.4, 0.5) is 0 Å². The second-order valence-corrected chi connectivity index (χ2v) is 2.23. The molecular formula is C6H16N2O2. The van der Waals surface area contributed by atoms with Crippen molar-refractivity contribution in [3.8, 4) is 0 Å². The monoisotopic (exact) mass is 150 g/mol. The zero-order chi connectivity index (χ0) is 9.98. The number of unbranched alkanes of at least 4 members (excludes halogenated alkanes) is 1. The first-order valence-electron chi connectivity index (χ1n) is 4.37. The Kier molecular flexibility index (Phi) is 3.90. The van der Waals surface area contributed by atoms with Crippen LogP contribution in [0.2, 0.25) is 0 Å². The Morgan fingerprint density at radius 1 is 1.70 bits per heavy atom. The van der Waals surface area contributed by atoms with Crippen molar-refractivity contribution in [2.45, 2.75) is 25.3 Å². The molecule has 0 fully saturated rings. The van der Waals surface area contributed by atoms with Gasteiger partial charge in [-0.3, -0.25) is 4.79 Å². The fourth-order valence-corrected chi connectivity index (χ4v) is 0.632. The predicted octanol–water partition coefficient (Wildman–Crippen LogP) is -0.227. The molecular weight excluding hydrogens is 132 g/mol. The van der Waals surface area contributed by atoms with E-state index in [1.807, 2.05) is 0 Å². The van der Waals surface area contributed by atoms with E-state index in [0.29, 0.717) is 13.0 Å². The van der Waals surface area contributed by atoms with E-state index in [-0.39, 0.29) is 0 Å². The number of carboxylic acid groups (broad SMARTS) is 1. The van der Waals surface area contributed by atoms with Gasteiger partial charge in [-0.1, -0.05) is 6.42 Å². The van der Waals surface area contributed by atoms with Gasteiger partial charge in [-0.05, 0) is 19.4 Å². The summed E-state index contributed by atoms with van der Waals surface area (Å²) in [5.74, 6) is -0.933. The van der Waals surface area contributed by atoms with E-state index in [1.54, 1.807) is 0 Å². The Bertz CT molecular complexity index is 114. The highest BCUT2D eigenvalue weighted by Gasteiger charge is 2.09. The fraction of sp³-hybridized carbons (Fsp3) is 0.833. The number of hydrogen-bond acceptors (Lipinski definition) is 3. The molecule has 4 nitrogen and oxygen atoms in total. The maximum atomic E-state index is 10.1. The van der Waals surface area contributed by atoms with Crippen LogP contribution < -0.4 is 11.5 Å². The number of hydrogen-bond donors (Lipinski definition) is 3. The largest absolute Gasteiger partial charge is 0.480 e. The summed E-state index contributed by atoms with van der Waals surface area (Å²) >= 11 is 0. The van der Waals surface area contributed by atoms with Crippen molar-refractivity contribution in [3.05, 3.63) is 0 Å². The summed E-state index contributed by atoms with van der Waals surface area (Å²) < 4.78 is 10.0. The first-order valence-corrected chi connectivity index (χ1v) is 3.37. The van der Waals surface area contributed by atoms with Crippen molar-refractivity contribution in [2.24, 2.45) is 11.5 Å². The Balaban J connectivity index is 0. The maximum Gasteiger partial charge on any atom is 0.320 e. The molecule has 5 N–H and O–H groups in total. The van der Waals surface area contributed by atoms with Gasteiger partial charge in [0.15, 0.2) is 0 Å². The van der Waals surface area contributed by atoms with E-state index in [9.17, 15) is 4.79 Å². The smallest absolute Gasteiger partial charge is 0.320 e. The minimum atomic E-state index is -0.933. The normalized spacial score (nSPS) is 13.8. The Morgan fingerprint density at radius 2 is 2.30 bits per heavy atom. The van der Waals surface area contributed by atoms with Crippen molar-refractivity contribution < 1.29 is 12.9 Å². The van der Waals surface area contributed by atoms with Gasteiger partial charge in [-0.25, -0.2) is 0 Å². The van der Waals surface area contributed by atoms with Crippen molar-refractivity contribution >= 4 is 5.97 Å². The molecule has 62 valence electrons. The van der Waals surface area contributed by atoms with Gasteiger partial charge in [-0.2, -0.15) is 0 Å². The lowest BCUT2D eigenvalue weighted by atomic mass is 10.1. The molecule has 0 aromatic heterocycles. The molecule has 0 aromatic carbocycles. The minimum absolute atomic E-state index is 0.520. The highest BCUT2D eigenvalue weighted by Crippen LogP contribution is 1.96. The molecule has 0 bridgehead atoms. The molecule has 1 unspecified atom stereocenters. The van der Waals surface area contributed by atoms with Crippen molar-refractivity contribution in [2.75, 3.05) is 6.54 Å². The van der Waals surface area contributed by atoms with Gasteiger partial charge in [0.2, 0.25) is 0 Å². The summed E-state index contributed by atoms with van der Waals surface area (Å²) in [5.41, 5.74) is 10.4. The van der Waals surface area contributed by atoms with Gasteiger partial charge in [-0.15, -0.1) is 0 Å². The van der Waals surface area contributed by atoms with Crippen LogP contribution in [0.1, 0.15) is 22.2 Å². The second-order valence-electron chi connectivity index (χ2n) is 2.23. The molecule has 0 saturated carbocycles. The summed E-state index contributed by atoms with van der Waals surface area (Å²) in [7, 11) is 0. The summed E-state index contributed by atoms with van der Waals surface area (Å²) in [6, 6.07) is -0.716. The average Bonchev–Trinajstić information content (AvgIpc) is 2.08. The van der Waals surface area contributed by atoms with Gasteiger partial charge >= 0.3 is 5.97 Å². The van der Waals surface area contributed by atoms with E-state index in [0.717, 1.165) is 12.8 Å². The topological polar surface area (TPSA) is 89.3 Å². The highest BCUT2D eigenvalue weighted by molar-refractivity contribution is 5.72. The molecule has 0 aromatic rings. The lowest BCUT2D eigenvalue weighted by Gasteiger charge is -2.03. The molecule has 0 aliphatic rings. The van der Waals surface area contributed by atoms with Gasteiger partial charge < -0.3 is 16.6 Å². The maximum absolute atomic E-state index is 10.1. The standard InChI is InChI=1S/C6H14N2O2.H2/c7-4-2-1-3-5(8)6(9)10;/h5H,1-4,7-8H2,(H,9,10);1H/i;1+1D. The van der Waals surface area contributed by atoms with Gasteiger partial charge in [0.05, 0.1) is 0 Å². The van der Waals surface area contributed by atoms with Crippen LogP contribution in [0.3, 0.4) is 0 Å². The molecule has 1 atom stereocenters. The van der Waals surface area contributed by atoms with E-state index in [1.165, 1.54) is 0 Å². The van der Waals surface area contributed by atoms with Crippen molar-refractivity contribution in [3.63, 3.8) is 0 Å². The first-order chi connectivity index (χ1) is 5.68. The third-order valence-electron chi connectivity index (χ3n) is 1.29. The quantitative estimate of drug-likeness (QED) is 0.472. The fourth-order valence-electron chi connectivity index (χ4n) is 0.632. The van der Waals surface area contributed by atoms with Gasteiger partial charge in [0.25, 0.3) is 0 Å². The van der Waals surface area contributed by atoms with E-state index in [4.69, 9.17) is 19.5 Å². The van der Waals surface area contributed by atoms with Crippen molar-refractivity contribution in [1.29, 1.82) is 0 Å². The molecule has 0 rings (SSSR count). The van der Waals surface area contributed by atoms with Crippen LogP contribution in [0.25, 0.3) is 0 Å². The number of aliphatic carboxylic acids is 1. The molecule has 10 heavy (non-hydrogen) atoms. The first kappa shape index (κ1) is 7.50. The highest BCUT2D eigenvalue weighted by atomic mass is 16.4. The number of carboxylic acids is 1. The van der Waals surface area contributed by atoms with E-state index >= 15 is 0 Å². The second kappa shape index (κ2) is 5.20. The lowest BCUT2D eigenvalue weighted by Crippen LogP contribution is -2.29. The SMILES string of the molecule is NCCCCC(N)C(=O)O.[2H][2H]. The number of rotatable bonds is 5. The zero-order valence-electron chi connectivity index (χ0n) is 7.92. The number of nitrogens with two attached hydrogens (primary N) is 2. The van der Waals surface area contributed by atoms with Crippen LogP contribution >= 0.6 is 0 Å². The molecule has 0 amide bonds. The van der Waals surface area contributed by atoms with E-state index < -0.39 is 12.0 Å². The average molecular weight is 150 g/mol. The summed E-state index contributed by atoms with van der Waals surface area (Å²) in [5, 5.41) is 8.33. The van der Waals surface area contributed by atoms with E-state index in [2.05, 4.69) is 0 Å². The van der Waals surface area contributed by atoms with Gasteiger partial charge in [0.1, 0.15) is 6.04 Å². The van der Waals surface area contributed by atoms with Crippen molar-refractivity contribution in [1.82, 2.24) is 0 Å². The molecule has 0 heterocycles. The molecule has 0 saturated heterocycles. The molecule has 4 heteroatoms. The lowest BCUT2D eigenvalue weighted by molar-refractivity contribution is -0.138. The third-order valence-corrected chi connectivity index (χ3v) is 1.29. The van der Waals surface area contributed by atoms with Crippen LogP contribution in [0, 0.1) is 0 Å². The molecule has 0 aliphatic carbocycles. The zero-order valence-corrected chi connectivity index (χ0v) is 5.92. The van der Waals surface area contributed by atoms with Crippen LogP contribution in [0.15, 0.2) is 0 Å². The summed E-state index contributed by atoms with van der Waals surface area (Å²) in [6.07, 6.45) is 2.16. The minimum Gasteiger partial charge on any atom is -0.480 e. The Hall–Kier alpha value is -0.610. The Labute approximate surface area is 63.3 Å². The summed E-state index contributed by atoms with van der Waals surface area (Å²) in [4.78, 5) is 10.1. The third kappa shape index (κ3) is 4.29. The number of carbonyl (C=O) groups is 1. The predicted molar refractivity (Wildman–Crippen MR) is 40.6 cm³/mol. The Morgan fingerprint density at radius 3 is 2.70 bits per heavy atom.